The van der Waals surface area contributed by atoms with Crippen LogP contribution in [0.3, 0.4) is 0 Å². The predicted octanol–water partition coefficient (Wildman–Crippen LogP) is 4.41. The van der Waals surface area contributed by atoms with E-state index < -0.39 is 5.82 Å². The number of nitrogen functional groups attached to an aromatic ring is 1. The Bertz CT molecular complexity index is 560. The van der Waals surface area contributed by atoms with E-state index in [0.29, 0.717) is 16.4 Å². The lowest BCUT2D eigenvalue weighted by Gasteiger charge is -2.11. The highest BCUT2D eigenvalue weighted by Gasteiger charge is 2.07. The van der Waals surface area contributed by atoms with Gasteiger partial charge in [-0.15, -0.1) is 0 Å². The van der Waals surface area contributed by atoms with Crippen molar-refractivity contribution in [2.24, 2.45) is 0 Å². The normalized spacial score (nSPS) is 10.3. The molecule has 0 unspecified atom stereocenters. The first-order valence-corrected chi connectivity index (χ1v) is 6.29. The Balaban J connectivity index is 2.38. The lowest BCUT2D eigenvalue weighted by Crippen LogP contribution is -1.99. The summed E-state index contributed by atoms with van der Waals surface area (Å²) in [5.74, 6) is -0.447. The third kappa shape index (κ3) is 2.81. The van der Waals surface area contributed by atoms with E-state index in [2.05, 4.69) is 27.9 Å². The largest absolute Gasteiger partial charge is 0.395 e. The molecule has 2 aromatic carbocycles. The van der Waals surface area contributed by atoms with Crippen LogP contribution in [0.5, 0.6) is 0 Å². The number of nitrogens with one attached hydrogen (secondary N) is 1. The third-order valence-corrected chi connectivity index (χ3v) is 3.25. The molecule has 2 rings (SSSR count). The summed E-state index contributed by atoms with van der Waals surface area (Å²) >= 11 is 8.21. The minimum atomic E-state index is -0.447. The maximum absolute atomic E-state index is 13.3. The fourth-order valence-corrected chi connectivity index (χ4v) is 2.04. The molecule has 0 heterocycles. The maximum Gasteiger partial charge on any atom is 0.148 e. The first-order chi connectivity index (χ1) is 8.08. The summed E-state index contributed by atoms with van der Waals surface area (Å²) < 4.78 is 14.3. The molecular weight excluding hydrogens is 354 g/mol. The topological polar surface area (TPSA) is 38.0 Å². The van der Waals surface area contributed by atoms with Gasteiger partial charge >= 0.3 is 0 Å². The lowest BCUT2D eigenvalue weighted by molar-refractivity contribution is 0.633. The van der Waals surface area contributed by atoms with Crippen LogP contribution in [0.15, 0.2) is 36.4 Å². The van der Waals surface area contributed by atoms with Gasteiger partial charge in [0.15, 0.2) is 0 Å². The number of benzene rings is 2. The van der Waals surface area contributed by atoms with Crippen molar-refractivity contribution in [3.8, 4) is 0 Å². The van der Waals surface area contributed by atoms with Gasteiger partial charge in [-0.05, 0) is 52.9 Å². The molecule has 0 aliphatic carbocycles. The van der Waals surface area contributed by atoms with E-state index >= 15 is 0 Å². The molecule has 0 saturated carbocycles. The van der Waals surface area contributed by atoms with Gasteiger partial charge in [0.2, 0.25) is 0 Å². The Hall–Kier alpha value is -1.01. The van der Waals surface area contributed by atoms with Crippen molar-refractivity contribution < 1.29 is 4.39 Å². The summed E-state index contributed by atoms with van der Waals surface area (Å²) in [7, 11) is 0. The molecule has 17 heavy (non-hydrogen) atoms. The Labute approximate surface area is 117 Å². The Morgan fingerprint density at radius 3 is 2.71 bits per heavy atom. The van der Waals surface area contributed by atoms with E-state index in [1.54, 1.807) is 18.2 Å². The van der Waals surface area contributed by atoms with Crippen molar-refractivity contribution in [3.63, 3.8) is 0 Å². The number of halogens is 3. The monoisotopic (exact) mass is 362 g/mol. The van der Waals surface area contributed by atoms with E-state index in [1.807, 2.05) is 12.1 Å². The van der Waals surface area contributed by atoms with Crippen LogP contribution in [-0.2, 0) is 0 Å². The molecular formula is C12H9ClFIN2. The van der Waals surface area contributed by atoms with Crippen LogP contribution in [0, 0.1) is 9.39 Å². The van der Waals surface area contributed by atoms with Crippen LogP contribution in [0.4, 0.5) is 21.5 Å². The Morgan fingerprint density at radius 1 is 1.18 bits per heavy atom. The van der Waals surface area contributed by atoms with E-state index in [9.17, 15) is 4.39 Å². The zero-order valence-electron chi connectivity index (χ0n) is 8.68. The highest BCUT2D eigenvalue weighted by atomic mass is 127. The number of hydrogen-bond donors (Lipinski definition) is 2. The number of para-hydroxylation sites is 1. The molecule has 0 spiro atoms. The van der Waals surface area contributed by atoms with Gasteiger partial charge in [-0.25, -0.2) is 4.39 Å². The predicted molar refractivity (Wildman–Crippen MR) is 78.3 cm³/mol. The SMILES string of the molecule is Nc1c(F)cccc1Nc1cc(I)ccc1Cl. The van der Waals surface area contributed by atoms with Crippen molar-refractivity contribution in [1.29, 1.82) is 0 Å². The summed E-state index contributed by atoms with van der Waals surface area (Å²) in [6.07, 6.45) is 0. The van der Waals surface area contributed by atoms with E-state index in [4.69, 9.17) is 17.3 Å². The van der Waals surface area contributed by atoms with Gasteiger partial charge < -0.3 is 11.1 Å². The van der Waals surface area contributed by atoms with Crippen molar-refractivity contribution in [1.82, 2.24) is 0 Å². The van der Waals surface area contributed by atoms with Crippen LogP contribution >= 0.6 is 34.2 Å². The van der Waals surface area contributed by atoms with Crippen molar-refractivity contribution in [2.75, 3.05) is 11.1 Å². The summed E-state index contributed by atoms with van der Waals surface area (Å²) in [4.78, 5) is 0. The molecule has 88 valence electrons. The Kier molecular flexibility index (Phi) is 3.73. The summed E-state index contributed by atoms with van der Waals surface area (Å²) in [6.45, 7) is 0. The lowest BCUT2D eigenvalue weighted by atomic mass is 10.2. The average Bonchev–Trinajstić information content (AvgIpc) is 2.30. The molecule has 0 bridgehead atoms. The summed E-state index contributed by atoms with van der Waals surface area (Å²) in [5, 5.41) is 3.58. The molecule has 0 aliphatic heterocycles. The minimum absolute atomic E-state index is 0.0856. The number of anilines is 3. The van der Waals surface area contributed by atoms with Gasteiger partial charge in [0, 0.05) is 3.57 Å². The first kappa shape index (κ1) is 12.4. The third-order valence-electron chi connectivity index (χ3n) is 2.25. The minimum Gasteiger partial charge on any atom is -0.395 e. The summed E-state index contributed by atoms with van der Waals surface area (Å²) in [5.41, 5.74) is 6.93. The van der Waals surface area contributed by atoms with Crippen LogP contribution in [0.2, 0.25) is 5.02 Å². The molecule has 5 heteroatoms. The zero-order valence-corrected chi connectivity index (χ0v) is 11.6. The van der Waals surface area contributed by atoms with E-state index in [-0.39, 0.29) is 5.69 Å². The molecule has 2 nitrogen and oxygen atoms in total. The molecule has 0 radical (unpaired) electrons. The molecule has 0 atom stereocenters. The second-order valence-electron chi connectivity index (χ2n) is 3.45. The van der Waals surface area contributed by atoms with Crippen molar-refractivity contribution in [2.45, 2.75) is 0 Å². The fourth-order valence-electron chi connectivity index (χ4n) is 1.38. The van der Waals surface area contributed by atoms with Gasteiger partial charge in [0.1, 0.15) is 5.82 Å². The van der Waals surface area contributed by atoms with Crippen LogP contribution in [0.1, 0.15) is 0 Å². The number of nitrogens with two attached hydrogens (primary N) is 1. The molecule has 0 amide bonds. The van der Waals surface area contributed by atoms with Crippen molar-refractivity contribution >= 4 is 51.3 Å². The molecule has 2 aromatic rings. The van der Waals surface area contributed by atoms with Gasteiger partial charge in [-0.3, -0.25) is 0 Å². The molecule has 0 fully saturated rings. The second-order valence-corrected chi connectivity index (χ2v) is 5.10. The number of rotatable bonds is 2. The highest BCUT2D eigenvalue weighted by Crippen LogP contribution is 2.30. The molecule has 0 aliphatic rings. The smallest absolute Gasteiger partial charge is 0.148 e. The number of hydrogen-bond acceptors (Lipinski definition) is 2. The molecule has 3 N–H and O–H groups in total. The zero-order chi connectivity index (χ0) is 12.4. The highest BCUT2D eigenvalue weighted by molar-refractivity contribution is 14.1. The van der Waals surface area contributed by atoms with Gasteiger partial charge in [-0.1, -0.05) is 17.7 Å². The van der Waals surface area contributed by atoms with E-state index in [0.717, 1.165) is 3.57 Å². The average molecular weight is 363 g/mol. The van der Waals surface area contributed by atoms with Crippen molar-refractivity contribution in [3.05, 3.63) is 50.8 Å². The van der Waals surface area contributed by atoms with Crippen LogP contribution in [-0.4, -0.2) is 0 Å². The molecule has 0 aromatic heterocycles. The van der Waals surface area contributed by atoms with Crippen LogP contribution < -0.4 is 11.1 Å². The maximum atomic E-state index is 13.3. The molecule has 0 saturated heterocycles. The summed E-state index contributed by atoms with van der Waals surface area (Å²) in [6, 6.07) is 10.2. The first-order valence-electron chi connectivity index (χ1n) is 4.84. The Morgan fingerprint density at radius 2 is 1.94 bits per heavy atom. The van der Waals surface area contributed by atoms with Gasteiger partial charge in [0.25, 0.3) is 0 Å². The standard InChI is InChI=1S/C12H9ClFIN2/c13-8-5-4-7(15)6-11(8)17-10-3-1-2-9(14)12(10)16/h1-6,17H,16H2. The quantitative estimate of drug-likeness (QED) is 0.613. The second kappa shape index (κ2) is 5.10. The van der Waals surface area contributed by atoms with Gasteiger partial charge in [-0.2, -0.15) is 0 Å². The van der Waals surface area contributed by atoms with Gasteiger partial charge in [0.05, 0.1) is 22.1 Å². The van der Waals surface area contributed by atoms with E-state index in [1.165, 1.54) is 6.07 Å². The fraction of sp³-hybridized carbons (Fsp3) is 0. The van der Waals surface area contributed by atoms with Crippen LogP contribution in [0.25, 0.3) is 0 Å².